The van der Waals surface area contributed by atoms with Gasteiger partial charge >= 0.3 is 0 Å². The number of nitrogen functional groups attached to an aromatic ring is 1. The summed E-state index contributed by atoms with van der Waals surface area (Å²) in [6.07, 6.45) is 0.517. The highest BCUT2D eigenvalue weighted by molar-refractivity contribution is 5.81. The lowest BCUT2D eigenvalue weighted by Gasteiger charge is -2.21. The number of hydrogen-bond donors (Lipinski definition) is 4. The fourth-order valence-electron chi connectivity index (χ4n) is 2.53. The Labute approximate surface area is 132 Å². The van der Waals surface area contributed by atoms with Crippen LogP contribution in [0.4, 0.5) is 5.82 Å². The summed E-state index contributed by atoms with van der Waals surface area (Å²) >= 11 is 0. The monoisotopic (exact) mass is 324 g/mol. The Kier molecular flexibility index (Phi) is 4.68. The highest BCUT2D eigenvalue weighted by atomic mass is 16.7. The van der Waals surface area contributed by atoms with Gasteiger partial charge in [0.1, 0.15) is 24.1 Å². The number of fused-ring (bicyclic) bond motifs is 1. The van der Waals surface area contributed by atoms with E-state index in [4.69, 9.17) is 15.3 Å². The molecule has 2 aromatic rings. The van der Waals surface area contributed by atoms with Crippen LogP contribution in [0.3, 0.4) is 0 Å². The Morgan fingerprint density at radius 3 is 3.00 bits per heavy atom. The number of imidazole rings is 1. The second-order valence-electron chi connectivity index (χ2n) is 5.30. The van der Waals surface area contributed by atoms with Crippen LogP contribution in [0, 0.1) is 0 Å². The lowest BCUT2D eigenvalue weighted by Crippen LogP contribution is -2.39. The molecule has 0 bridgehead atoms. The molecule has 0 spiro atoms. The summed E-state index contributed by atoms with van der Waals surface area (Å²) in [6, 6.07) is 0. The smallest absolute Gasteiger partial charge is 0.168 e. The van der Waals surface area contributed by atoms with Crippen LogP contribution in [0.2, 0.25) is 0 Å². The molecule has 0 saturated carbocycles. The van der Waals surface area contributed by atoms with Crippen molar-refractivity contribution in [3.8, 4) is 0 Å². The molecule has 2 aromatic heterocycles. The number of aliphatic hydroxyl groups excluding tert-OH is 2. The van der Waals surface area contributed by atoms with Gasteiger partial charge in [-0.2, -0.15) is 0 Å². The zero-order chi connectivity index (χ0) is 16.4. The van der Waals surface area contributed by atoms with Crippen molar-refractivity contribution in [2.75, 3.05) is 18.9 Å². The zero-order valence-corrected chi connectivity index (χ0v) is 12.7. The van der Waals surface area contributed by atoms with Gasteiger partial charge in [0.05, 0.1) is 12.9 Å². The van der Waals surface area contributed by atoms with E-state index in [2.05, 4.69) is 20.4 Å². The number of nitrogens with one attached hydrogen (secondary N) is 1. The number of nitrogens with two attached hydrogens (primary N) is 1. The number of rotatable bonds is 6. The highest BCUT2D eigenvalue weighted by Crippen LogP contribution is 2.33. The number of hydrogen-bond acceptors (Lipinski definition) is 9. The maximum absolute atomic E-state index is 10.3. The Morgan fingerprint density at radius 1 is 1.43 bits per heavy atom. The number of ether oxygens (including phenoxy) is 1. The van der Waals surface area contributed by atoms with Crippen molar-refractivity contribution in [2.24, 2.45) is 0 Å². The Balaban J connectivity index is 1.92. The Bertz CT molecular complexity index is 665. The molecule has 4 atom stereocenters. The normalized spacial score (nSPS) is 27.8. The maximum Gasteiger partial charge on any atom is 0.168 e. The maximum atomic E-state index is 10.3. The summed E-state index contributed by atoms with van der Waals surface area (Å²) < 4.78 is 7.33. The van der Waals surface area contributed by atoms with E-state index in [1.54, 1.807) is 4.57 Å². The van der Waals surface area contributed by atoms with E-state index in [-0.39, 0.29) is 12.4 Å². The molecule has 0 aromatic carbocycles. The van der Waals surface area contributed by atoms with E-state index in [9.17, 15) is 10.2 Å². The molecule has 0 aliphatic carbocycles. The van der Waals surface area contributed by atoms with E-state index >= 15 is 0 Å². The van der Waals surface area contributed by atoms with Gasteiger partial charge in [-0.3, -0.25) is 9.40 Å². The molecular formula is C13H20N6O4. The molecular weight excluding hydrogens is 304 g/mol. The second kappa shape index (κ2) is 6.72. The summed E-state index contributed by atoms with van der Waals surface area (Å²) in [5.74, 6) is 0.257. The first-order chi connectivity index (χ1) is 11.2. The summed E-state index contributed by atoms with van der Waals surface area (Å²) in [5, 5.41) is 19.7. The van der Waals surface area contributed by atoms with Crippen LogP contribution < -0.4 is 11.2 Å². The number of hydroxylamine groups is 1. The van der Waals surface area contributed by atoms with E-state index in [1.165, 1.54) is 12.7 Å². The predicted molar refractivity (Wildman–Crippen MR) is 79.9 cm³/mol. The fourth-order valence-corrected chi connectivity index (χ4v) is 2.53. The van der Waals surface area contributed by atoms with E-state index in [0.29, 0.717) is 17.7 Å². The van der Waals surface area contributed by atoms with Crippen LogP contribution in [0.5, 0.6) is 0 Å². The first kappa shape index (κ1) is 16.0. The van der Waals surface area contributed by atoms with E-state index in [1.807, 2.05) is 6.92 Å². The number of aromatic nitrogens is 4. The minimum atomic E-state index is -0.994. The molecule has 10 nitrogen and oxygen atoms in total. The minimum Gasteiger partial charge on any atom is -0.394 e. The molecule has 1 saturated heterocycles. The van der Waals surface area contributed by atoms with Crippen LogP contribution in [-0.2, 0) is 9.57 Å². The standard InChI is InChI=1S/C13H20N6O4/c1-2-3-18-23-10-9(21)7(4-20)22-13(10)19-6-17-8-11(14)15-5-16-12(8)19/h5-7,9-10,13,18,20-21H,2-4H2,1H3,(H2,14,15,16)/t7-,9?,10?,13-/m1/s1. The molecule has 1 aliphatic heterocycles. The third-order valence-electron chi connectivity index (χ3n) is 3.73. The van der Waals surface area contributed by atoms with Gasteiger partial charge in [-0.15, -0.1) is 0 Å². The molecule has 0 amide bonds. The van der Waals surface area contributed by atoms with Crippen molar-refractivity contribution in [1.29, 1.82) is 0 Å². The second-order valence-corrected chi connectivity index (χ2v) is 5.30. The number of aliphatic hydroxyl groups is 2. The van der Waals surface area contributed by atoms with Crippen LogP contribution in [0.1, 0.15) is 19.6 Å². The molecule has 2 unspecified atom stereocenters. The molecule has 0 radical (unpaired) electrons. The van der Waals surface area contributed by atoms with Crippen LogP contribution in [0.25, 0.3) is 11.2 Å². The third kappa shape index (κ3) is 2.86. The molecule has 3 heterocycles. The first-order valence-electron chi connectivity index (χ1n) is 7.43. The van der Waals surface area contributed by atoms with Gasteiger partial charge in [-0.1, -0.05) is 6.92 Å². The predicted octanol–water partition coefficient (Wildman–Crippen LogP) is -1.04. The molecule has 10 heteroatoms. The summed E-state index contributed by atoms with van der Waals surface area (Å²) in [7, 11) is 0. The molecule has 1 fully saturated rings. The van der Waals surface area contributed by atoms with Crippen molar-refractivity contribution < 1.29 is 19.8 Å². The summed E-state index contributed by atoms with van der Waals surface area (Å²) in [6.45, 7) is 2.30. The summed E-state index contributed by atoms with van der Waals surface area (Å²) in [4.78, 5) is 17.8. The molecule has 5 N–H and O–H groups in total. The first-order valence-corrected chi connectivity index (χ1v) is 7.43. The number of nitrogens with zero attached hydrogens (tertiary/aromatic N) is 4. The van der Waals surface area contributed by atoms with Crippen molar-refractivity contribution in [3.05, 3.63) is 12.7 Å². The van der Waals surface area contributed by atoms with Crippen molar-refractivity contribution in [3.63, 3.8) is 0 Å². The number of anilines is 1. The van der Waals surface area contributed by atoms with Crippen molar-refractivity contribution in [2.45, 2.75) is 37.9 Å². The molecule has 126 valence electrons. The highest BCUT2D eigenvalue weighted by Gasteiger charge is 2.46. The van der Waals surface area contributed by atoms with Gasteiger partial charge in [0, 0.05) is 6.54 Å². The quantitative estimate of drug-likeness (QED) is 0.387. The minimum absolute atomic E-state index is 0.257. The average molecular weight is 324 g/mol. The van der Waals surface area contributed by atoms with Crippen molar-refractivity contribution >= 4 is 17.0 Å². The fraction of sp³-hybridized carbons (Fsp3) is 0.615. The third-order valence-corrected chi connectivity index (χ3v) is 3.73. The SMILES string of the molecule is CCCNOC1C(O)[C@@H](CO)O[C@H]1n1cnc2c(N)ncnc21. The lowest BCUT2D eigenvalue weighted by atomic mass is 10.1. The Morgan fingerprint density at radius 2 is 2.26 bits per heavy atom. The van der Waals surface area contributed by atoms with Crippen LogP contribution in [0.15, 0.2) is 12.7 Å². The van der Waals surface area contributed by atoms with Crippen LogP contribution in [-0.4, -0.2) is 61.2 Å². The Hall–Kier alpha value is -1.85. The summed E-state index contributed by atoms with van der Waals surface area (Å²) in [5.41, 5.74) is 9.48. The van der Waals surface area contributed by atoms with Gasteiger partial charge in [0.2, 0.25) is 0 Å². The average Bonchev–Trinajstić information content (AvgIpc) is 3.10. The van der Waals surface area contributed by atoms with Gasteiger partial charge in [-0.05, 0) is 6.42 Å². The molecule has 3 rings (SSSR count). The van der Waals surface area contributed by atoms with E-state index < -0.39 is 24.5 Å². The van der Waals surface area contributed by atoms with Gasteiger partial charge in [0.15, 0.2) is 23.8 Å². The van der Waals surface area contributed by atoms with Gasteiger partial charge in [0.25, 0.3) is 0 Å². The lowest BCUT2D eigenvalue weighted by molar-refractivity contribution is -0.108. The van der Waals surface area contributed by atoms with Crippen molar-refractivity contribution in [1.82, 2.24) is 25.0 Å². The van der Waals surface area contributed by atoms with E-state index in [0.717, 1.165) is 6.42 Å². The topological polar surface area (TPSA) is 141 Å². The largest absolute Gasteiger partial charge is 0.394 e. The van der Waals surface area contributed by atoms with Crippen LogP contribution >= 0.6 is 0 Å². The zero-order valence-electron chi connectivity index (χ0n) is 12.7. The molecule has 23 heavy (non-hydrogen) atoms. The van der Waals surface area contributed by atoms with Gasteiger partial charge in [-0.25, -0.2) is 20.4 Å². The molecule has 1 aliphatic rings. The van der Waals surface area contributed by atoms with Gasteiger partial charge < -0.3 is 20.7 Å².